The number of rotatable bonds is 7. The van der Waals surface area contributed by atoms with Crippen LogP contribution in [0.1, 0.15) is 20.8 Å². The van der Waals surface area contributed by atoms with Crippen LogP contribution in [-0.2, 0) is 4.79 Å². The van der Waals surface area contributed by atoms with Crippen LogP contribution >= 0.6 is 0 Å². The van der Waals surface area contributed by atoms with Crippen LogP contribution < -0.4 is 10.2 Å². The average molecular weight is 264 g/mol. The molecule has 1 heterocycles. The molecule has 19 heavy (non-hydrogen) atoms. The fourth-order valence-corrected chi connectivity index (χ4v) is 1.91. The van der Waals surface area contributed by atoms with Crippen LogP contribution in [0.3, 0.4) is 0 Å². The van der Waals surface area contributed by atoms with Crippen molar-refractivity contribution in [2.45, 2.75) is 20.8 Å². The molecule has 0 unspecified atom stereocenters. The van der Waals surface area contributed by atoms with Gasteiger partial charge in [0, 0.05) is 26.7 Å². The molecule has 1 N–H and O–H groups in total. The molecule has 0 saturated heterocycles. The van der Waals surface area contributed by atoms with Crippen LogP contribution in [0.25, 0.3) is 0 Å². The van der Waals surface area contributed by atoms with E-state index in [4.69, 9.17) is 0 Å². The fraction of sp³-hybridized carbons (Fsp3) is 0.571. The van der Waals surface area contributed by atoms with E-state index < -0.39 is 0 Å². The highest BCUT2D eigenvalue weighted by Gasteiger charge is 2.13. The molecule has 5 nitrogen and oxygen atoms in total. The summed E-state index contributed by atoms with van der Waals surface area (Å²) in [5, 5.41) is 3.22. The molecule has 0 fully saturated rings. The van der Waals surface area contributed by atoms with Gasteiger partial charge in [-0.25, -0.2) is 0 Å². The van der Waals surface area contributed by atoms with Gasteiger partial charge in [0.2, 0.25) is 5.91 Å². The van der Waals surface area contributed by atoms with Gasteiger partial charge in [0.05, 0.1) is 30.3 Å². The number of carbonyl (C=O) groups is 1. The van der Waals surface area contributed by atoms with Gasteiger partial charge < -0.3 is 15.1 Å². The van der Waals surface area contributed by atoms with Gasteiger partial charge in [0.15, 0.2) is 0 Å². The lowest BCUT2D eigenvalue weighted by Gasteiger charge is -2.24. The first-order chi connectivity index (χ1) is 9.12. The maximum Gasteiger partial charge on any atom is 0.242 e. The molecule has 0 aliphatic rings. The lowest BCUT2D eigenvalue weighted by atomic mass is 10.3. The Labute approximate surface area is 115 Å². The quantitative estimate of drug-likeness (QED) is 0.816. The highest BCUT2D eigenvalue weighted by molar-refractivity contribution is 5.81. The molecule has 0 aromatic carbocycles. The zero-order valence-electron chi connectivity index (χ0n) is 12.3. The van der Waals surface area contributed by atoms with Gasteiger partial charge in [-0.15, -0.1) is 0 Å². The number of carbonyl (C=O) groups excluding carboxylic acids is 1. The van der Waals surface area contributed by atoms with E-state index >= 15 is 0 Å². The van der Waals surface area contributed by atoms with Crippen molar-refractivity contribution in [2.75, 3.05) is 43.4 Å². The number of likely N-dealkylation sites (N-methyl/N-ethyl adjacent to an activating group) is 2. The van der Waals surface area contributed by atoms with E-state index in [-0.39, 0.29) is 5.91 Å². The van der Waals surface area contributed by atoms with E-state index in [1.165, 1.54) is 0 Å². The van der Waals surface area contributed by atoms with Gasteiger partial charge >= 0.3 is 0 Å². The van der Waals surface area contributed by atoms with Crippen molar-refractivity contribution < 1.29 is 4.79 Å². The first kappa shape index (κ1) is 15.3. The summed E-state index contributed by atoms with van der Waals surface area (Å²) in [5.41, 5.74) is 1.92. The number of pyridine rings is 1. The van der Waals surface area contributed by atoms with Crippen molar-refractivity contribution in [3.63, 3.8) is 0 Å². The molecule has 0 radical (unpaired) electrons. The van der Waals surface area contributed by atoms with E-state index in [0.717, 1.165) is 31.0 Å². The van der Waals surface area contributed by atoms with Crippen molar-refractivity contribution in [3.8, 4) is 0 Å². The maximum absolute atomic E-state index is 12.0. The number of anilines is 2. The maximum atomic E-state index is 12.0. The highest BCUT2D eigenvalue weighted by atomic mass is 16.2. The van der Waals surface area contributed by atoms with Gasteiger partial charge in [-0.2, -0.15) is 0 Å². The monoisotopic (exact) mass is 264 g/mol. The normalized spacial score (nSPS) is 10.1. The average Bonchev–Trinajstić information content (AvgIpc) is 2.40. The Morgan fingerprint density at radius 1 is 1.26 bits per heavy atom. The Kier molecular flexibility index (Phi) is 6.12. The van der Waals surface area contributed by atoms with Crippen molar-refractivity contribution in [1.29, 1.82) is 0 Å². The summed E-state index contributed by atoms with van der Waals surface area (Å²) in [7, 11) is 1.91. The van der Waals surface area contributed by atoms with Crippen molar-refractivity contribution >= 4 is 17.3 Å². The SMILES string of the molecule is CCNc1cncc(N(C)CC(=O)N(CC)CC)c1. The minimum Gasteiger partial charge on any atom is -0.384 e. The molecule has 0 atom stereocenters. The summed E-state index contributed by atoms with van der Waals surface area (Å²) in [6, 6.07) is 2.01. The molecule has 106 valence electrons. The summed E-state index contributed by atoms with van der Waals surface area (Å²) in [6.07, 6.45) is 3.56. The largest absolute Gasteiger partial charge is 0.384 e. The van der Waals surface area contributed by atoms with Gasteiger partial charge in [-0.3, -0.25) is 9.78 Å². The Hall–Kier alpha value is -1.78. The molecule has 5 heteroatoms. The molecular formula is C14H24N4O. The Balaban J connectivity index is 2.69. The van der Waals surface area contributed by atoms with Crippen LogP contribution in [0.5, 0.6) is 0 Å². The zero-order valence-corrected chi connectivity index (χ0v) is 12.3. The summed E-state index contributed by atoms with van der Waals surface area (Å²) >= 11 is 0. The lowest BCUT2D eigenvalue weighted by Crippen LogP contribution is -2.38. The highest BCUT2D eigenvalue weighted by Crippen LogP contribution is 2.16. The van der Waals surface area contributed by atoms with Gasteiger partial charge in [0.25, 0.3) is 0 Å². The minimum atomic E-state index is 0.140. The first-order valence-electron chi connectivity index (χ1n) is 6.80. The van der Waals surface area contributed by atoms with Gasteiger partial charge in [0.1, 0.15) is 0 Å². The standard InChI is InChI=1S/C14H24N4O/c1-5-16-12-8-13(10-15-9-12)17(4)11-14(19)18(6-2)7-3/h8-10,16H,5-7,11H2,1-4H3. The fourth-order valence-electron chi connectivity index (χ4n) is 1.91. The predicted octanol–water partition coefficient (Wildman–Crippen LogP) is 1.82. The van der Waals surface area contributed by atoms with Crippen molar-refractivity contribution in [3.05, 3.63) is 18.5 Å². The molecule has 1 rings (SSSR count). The molecule has 0 bridgehead atoms. The third kappa shape index (κ3) is 4.43. The molecule has 0 aliphatic heterocycles. The van der Waals surface area contributed by atoms with E-state index in [9.17, 15) is 4.79 Å². The second-order valence-corrected chi connectivity index (χ2v) is 4.38. The molecule has 0 aliphatic carbocycles. The van der Waals surface area contributed by atoms with E-state index in [1.807, 2.05) is 43.7 Å². The predicted molar refractivity (Wildman–Crippen MR) is 79.6 cm³/mol. The van der Waals surface area contributed by atoms with E-state index in [2.05, 4.69) is 10.3 Å². The number of amides is 1. The van der Waals surface area contributed by atoms with Crippen molar-refractivity contribution in [1.82, 2.24) is 9.88 Å². The molecule has 1 amide bonds. The Bertz CT molecular complexity index is 404. The second-order valence-electron chi connectivity index (χ2n) is 4.38. The van der Waals surface area contributed by atoms with Crippen LogP contribution in [0.15, 0.2) is 18.5 Å². The van der Waals surface area contributed by atoms with E-state index in [1.54, 1.807) is 12.4 Å². The topological polar surface area (TPSA) is 48.5 Å². The smallest absolute Gasteiger partial charge is 0.242 e. The van der Waals surface area contributed by atoms with Crippen molar-refractivity contribution in [2.24, 2.45) is 0 Å². The third-order valence-electron chi connectivity index (χ3n) is 3.03. The van der Waals surface area contributed by atoms with Gasteiger partial charge in [-0.1, -0.05) is 0 Å². The number of nitrogens with one attached hydrogen (secondary N) is 1. The molecular weight excluding hydrogens is 240 g/mol. The molecule has 0 spiro atoms. The van der Waals surface area contributed by atoms with Gasteiger partial charge in [-0.05, 0) is 26.8 Å². The summed E-state index contributed by atoms with van der Waals surface area (Å²) in [6.45, 7) is 8.76. The minimum absolute atomic E-state index is 0.140. The van der Waals surface area contributed by atoms with Crippen LogP contribution in [0, 0.1) is 0 Å². The number of hydrogen-bond acceptors (Lipinski definition) is 4. The molecule has 0 saturated carbocycles. The van der Waals surface area contributed by atoms with Crippen LogP contribution in [0.4, 0.5) is 11.4 Å². The molecule has 1 aromatic rings. The number of aromatic nitrogens is 1. The van der Waals surface area contributed by atoms with E-state index in [0.29, 0.717) is 6.54 Å². The van der Waals surface area contributed by atoms with Crippen LogP contribution in [0.2, 0.25) is 0 Å². The third-order valence-corrected chi connectivity index (χ3v) is 3.03. The Morgan fingerprint density at radius 2 is 1.95 bits per heavy atom. The number of nitrogens with zero attached hydrogens (tertiary/aromatic N) is 3. The van der Waals surface area contributed by atoms with Crippen LogP contribution in [-0.4, -0.2) is 49.0 Å². The summed E-state index contributed by atoms with van der Waals surface area (Å²) < 4.78 is 0. The lowest BCUT2D eigenvalue weighted by molar-refractivity contribution is -0.129. The summed E-state index contributed by atoms with van der Waals surface area (Å²) in [5.74, 6) is 0.140. The number of hydrogen-bond donors (Lipinski definition) is 1. The zero-order chi connectivity index (χ0) is 14.3. The molecule has 1 aromatic heterocycles. The first-order valence-corrected chi connectivity index (χ1v) is 6.80. The Morgan fingerprint density at radius 3 is 2.53 bits per heavy atom. The second kappa shape index (κ2) is 7.61. The summed E-state index contributed by atoms with van der Waals surface area (Å²) in [4.78, 5) is 20.0.